The molecular weight excluding hydrogens is 276 g/mol. The number of carboxylic acid groups (broad SMARTS) is 2. The predicted octanol–water partition coefficient (Wildman–Crippen LogP) is 2.00. The molecule has 0 aliphatic heterocycles. The summed E-state index contributed by atoms with van der Waals surface area (Å²) in [7, 11) is 0. The fourth-order valence-electron chi connectivity index (χ4n) is 1.45. The lowest BCUT2D eigenvalue weighted by Crippen LogP contribution is -2.03. The van der Waals surface area contributed by atoms with Gasteiger partial charge >= 0.3 is 11.9 Å². The number of unbranched alkanes of at least 4 members (excludes halogenated alkanes) is 1. The Labute approximate surface area is 123 Å². The maximum atomic E-state index is 10.3. The van der Waals surface area contributed by atoms with E-state index >= 15 is 0 Å². The number of aliphatic hydroxyl groups excluding tert-OH is 2. The number of aliphatic hydroxyl groups is 2. The summed E-state index contributed by atoms with van der Waals surface area (Å²) in [5.74, 6) is -2.13. The van der Waals surface area contributed by atoms with E-state index in [9.17, 15) is 9.59 Å². The molecule has 0 bridgehead atoms. The van der Waals surface area contributed by atoms with Gasteiger partial charge in [0, 0.05) is 6.61 Å². The van der Waals surface area contributed by atoms with Gasteiger partial charge in [-0.15, -0.1) is 0 Å². The van der Waals surface area contributed by atoms with Crippen LogP contribution in [0.25, 0.3) is 0 Å². The van der Waals surface area contributed by atoms with Crippen LogP contribution in [0.3, 0.4) is 0 Å². The van der Waals surface area contributed by atoms with Crippen LogP contribution in [-0.2, 0) is 0 Å². The van der Waals surface area contributed by atoms with Crippen LogP contribution in [0, 0.1) is 0 Å². The zero-order chi connectivity index (χ0) is 16.3. The first-order valence-corrected chi connectivity index (χ1v) is 6.77. The van der Waals surface area contributed by atoms with Crippen LogP contribution in [0.4, 0.5) is 0 Å². The molecule has 0 saturated carbocycles. The van der Waals surface area contributed by atoms with E-state index in [2.05, 4.69) is 0 Å². The summed E-state index contributed by atoms with van der Waals surface area (Å²) in [6.45, 7) is 2.21. The molecule has 21 heavy (non-hydrogen) atoms. The van der Waals surface area contributed by atoms with Gasteiger partial charge in [-0.1, -0.05) is 6.92 Å². The van der Waals surface area contributed by atoms with Gasteiger partial charge in [0.15, 0.2) is 0 Å². The molecule has 0 aliphatic carbocycles. The number of rotatable bonds is 7. The van der Waals surface area contributed by atoms with E-state index in [1.54, 1.807) is 0 Å². The second-order valence-corrected chi connectivity index (χ2v) is 4.47. The van der Waals surface area contributed by atoms with Gasteiger partial charge in [-0.3, -0.25) is 0 Å². The number of hydrogen-bond donors (Lipinski definition) is 4. The third-order valence-corrected chi connectivity index (χ3v) is 2.80. The standard InChI is InChI=1S/C8H6O4.C7H16O2/c9-7(10)5-1-2-6(4-3-5)8(11)12;1-2-7(9)5-3-4-6-8/h1-4H,(H,9,10)(H,11,12);7-9H,2-6H2,1H3. The molecule has 1 aromatic rings. The number of benzene rings is 1. The van der Waals surface area contributed by atoms with Crippen molar-refractivity contribution in [3.05, 3.63) is 35.4 Å². The van der Waals surface area contributed by atoms with E-state index in [1.807, 2.05) is 6.92 Å². The van der Waals surface area contributed by atoms with Gasteiger partial charge in [0.05, 0.1) is 17.2 Å². The smallest absolute Gasteiger partial charge is 0.335 e. The SMILES string of the molecule is CCC(O)CCCCO.O=C(O)c1ccc(C(=O)O)cc1. The van der Waals surface area contributed by atoms with Crippen LogP contribution in [0.1, 0.15) is 53.3 Å². The first-order chi connectivity index (χ1) is 9.92. The molecule has 0 saturated heterocycles. The van der Waals surface area contributed by atoms with Gasteiger partial charge in [-0.05, 0) is 49.9 Å². The van der Waals surface area contributed by atoms with Gasteiger partial charge in [0.25, 0.3) is 0 Å². The molecule has 0 aromatic heterocycles. The predicted molar refractivity (Wildman–Crippen MR) is 77.6 cm³/mol. The Morgan fingerprint density at radius 3 is 1.71 bits per heavy atom. The molecule has 4 N–H and O–H groups in total. The molecule has 6 nitrogen and oxygen atoms in total. The lowest BCUT2D eigenvalue weighted by molar-refractivity contribution is 0.0681. The minimum Gasteiger partial charge on any atom is -0.478 e. The Balaban J connectivity index is 0.000000400. The fourth-order valence-corrected chi connectivity index (χ4v) is 1.45. The maximum absolute atomic E-state index is 10.3. The van der Waals surface area contributed by atoms with Crippen molar-refractivity contribution >= 4 is 11.9 Å². The molecule has 0 heterocycles. The number of carboxylic acids is 2. The molecule has 6 heteroatoms. The second kappa shape index (κ2) is 10.8. The van der Waals surface area contributed by atoms with Crippen LogP contribution in [0.5, 0.6) is 0 Å². The van der Waals surface area contributed by atoms with Gasteiger partial charge < -0.3 is 20.4 Å². The van der Waals surface area contributed by atoms with E-state index in [1.165, 1.54) is 24.3 Å². The molecule has 0 spiro atoms. The Hall–Kier alpha value is -1.92. The zero-order valence-electron chi connectivity index (χ0n) is 12.0. The van der Waals surface area contributed by atoms with E-state index in [4.69, 9.17) is 20.4 Å². The highest BCUT2D eigenvalue weighted by Gasteiger charge is 2.04. The molecule has 1 atom stereocenters. The molecule has 0 fully saturated rings. The normalized spacial score (nSPS) is 11.2. The van der Waals surface area contributed by atoms with Crippen molar-refractivity contribution in [2.45, 2.75) is 38.7 Å². The molecule has 0 amide bonds. The summed E-state index contributed by atoms with van der Waals surface area (Å²) in [6.07, 6.45) is 3.25. The first-order valence-electron chi connectivity index (χ1n) is 6.77. The average molecular weight is 298 g/mol. The highest BCUT2D eigenvalue weighted by Crippen LogP contribution is 2.04. The summed E-state index contributed by atoms with van der Waals surface area (Å²) in [6, 6.07) is 5.02. The first kappa shape index (κ1) is 19.1. The van der Waals surface area contributed by atoms with Gasteiger partial charge in [0.1, 0.15) is 0 Å². The second-order valence-electron chi connectivity index (χ2n) is 4.47. The van der Waals surface area contributed by atoms with Crippen molar-refractivity contribution in [1.29, 1.82) is 0 Å². The van der Waals surface area contributed by atoms with Crippen molar-refractivity contribution < 1.29 is 30.0 Å². The van der Waals surface area contributed by atoms with Crippen molar-refractivity contribution in [2.75, 3.05) is 6.61 Å². The Morgan fingerprint density at radius 1 is 1.00 bits per heavy atom. The van der Waals surface area contributed by atoms with E-state index in [0.29, 0.717) is 0 Å². The number of hydrogen-bond acceptors (Lipinski definition) is 4. The van der Waals surface area contributed by atoms with Crippen LogP contribution in [0.15, 0.2) is 24.3 Å². The van der Waals surface area contributed by atoms with Crippen LogP contribution >= 0.6 is 0 Å². The summed E-state index contributed by atoms with van der Waals surface area (Å²) < 4.78 is 0. The summed E-state index contributed by atoms with van der Waals surface area (Å²) >= 11 is 0. The van der Waals surface area contributed by atoms with Crippen LogP contribution in [-0.4, -0.2) is 45.1 Å². The zero-order valence-corrected chi connectivity index (χ0v) is 12.0. The van der Waals surface area contributed by atoms with E-state index in [-0.39, 0.29) is 23.8 Å². The highest BCUT2D eigenvalue weighted by atomic mass is 16.4. The minimum atomic E-state index is -1.06. The molecule has 1 rings (SSSR count). The van der Waals surface area contributed by atoms with Crippen molar-refractivity contribution in [3.8, 4) is 0 Å². The monoisotopic (exact) mass is 298 g/mol. The van der Waals surface area contributed by atoms with Crippen molar-refractivity contribution in [1.82, 2.24) is 0 Å². The van der Waals surface area contributed by atoms with Crippen molar-refractivity contribution in [2.24, 2.45) is 0 Å². The van der Waals surface area contributed by atoms with Crippen molar-refractivity contribution in [3.63, 3.8) is 0 Å². The molecule has 0 aliphatic rings. The van der Waals surface area contributed by atoms with E-state index in [0.717, 1.165) is 25.7 Å². The minimum absolute atomic E-state index is 0.0833. The molecular formula is C15H22O6. The summed E-state index contributed by atoms with van der Waals surface area (Å²) in [4.78, 5) is 20.7. The topological polar surface area (TPSA) is 115 Å². The Kier molecular flexibility index (Phi) is 9.83. The maximum Gasteiger partial charge on any atom is 0.335 e. The largest absolute Gasteiger partial charge is 0.478 e. The average Bonchev–Trinajstić information content (AvgIpc) is 2.48. The summed E-state index contributed by atoms with van der Waals surface area (Å²) in [5.41, 5.74) is 0.167. The highest BCUT2D eigenvalue weighted by molar-refractivity contribution is 5.91. The molecule has 118 valence electrons. The fraction of sp³-hybridized carbons (Fsp3) is 0.467. The summed E-state index contributed by atoms with van der Waals surface area (Å²) in [5, 5.41) is 34.3. The quantitative estimate of drug-likeness (QED) is 0.572. The molecule has 1 aromatic carbocycles. The van der Waals surface area contributed by atoms with Gasteiger partial charge in [-0.25, -0.2) is 9.59 Å². The number of aromatic carboxylic acids is 2. The lowest BCUT2D eigenvalue weighted by Gasteiger charge is -2.04. The van der Waals surface area contributed by atoms with E-state index < -0.39 is 11.9 Å². The van der Waals surface area contributed by atoms with Gasteiger partial charge in [0.2, 0.25) is 0 Å². The lowest BCUT2D eigenvalue weighted by atomic mass is 10.1. The van der Waals surface area contributed by atoms with Crippen LogP contribution in [0.2, 0.25) is 0 Å². The Morgan fingerprint density at radius 2 is 1.43 bits per heavy atom. The molecule has 0 radical (unpaired) electrons. The Bertz CT molecular complexity index is 393. The third kappa shape index (κ3) is 8.78. The third-order valence-electron chi connectivity index (χ3n) is 2.80. The van der Waals surface area contributed by atoms with Crippen LogP contribution < -0.4 is 0 Å². The van der Waals surface area contributed by atoms with Gasteiger partial charge in [-0.2, -0.15) is 0 Å². The number of carbonyl (C=O) groups is 2. The molecule has 1 unspecified atom stereocenters.